The van der Waals surface area contributed by atoms with E-state index in [4.69, 9.17) is 9.47 Å². The van der Waals surface area contributed by atoms with Gasteiger partial charge < -0.3 is 20.1 Å². The maximum absolute atomic E-state index is 12.0. The summed E-state index contributed by atoms with van der Waals surface area (Å²) in [6, 6.07) is 14.5. The molecule has 0 saturated heterocycles. The molecule has 3 rings (SSSR count). The molecule has 1 aliphatic heterocycles. The molecule has 0 fully saturated rings. The van der Waals surface area contributed by atoms with Gasteiger partial charge in [-0.05, 0) is 24.3 Å². The Hall–Kier alpha value is -3.02. The summed E-state index contributed by atoms with van der Waals surface area (Å²) >= 11 is 0. The first-order valence-electron chi connectivity index (χ1n) is 7.26. The molecule has 2 aromatic rings. The fourth-order valence-corrected chi connectivity index (χ4v) is 2.20. The highest BCUT2D eigenvalue weighted by Crippen LogP contribution is 2.35. The van der Waals surface area contributed by atoms with E-state index < -0.39 is 0 Å². The van der Waals surface area contributed by atoms with Gasteiger partial charge in [0.05, 0.1) is 24.4 Å². The second-order valence-corrected chi connectivity index (χ2v) is 4.98. The maximum Gasteiger partial charge on any atom is 0.262 e. The highest BCUT2D eigenvalue weighted by Gasteiger charge is 2.19. The van der Waals surface area contributed by atoms with Crippen LogP contribution in [0.4, 0.5) is 11.4 Å². The molecule has 1 heterocycles. The van der Waals surface area contributed by atoms with E-state index in [9.17, 15) is 9.59 Å². The molecule has 0 saturated carbocycles. The summed E-state index contributed by atoms with van der Waals surface area (Å²) in [4.78, 5) is 23.3. The highest BCUT2D eigenvalue weighted by molar-refractivity contribution is 5.99. The smallest absolute Gasteiger partial charge is 0.262 e. The first-order chi connectivity index (χ1) is 11.2. The topological polar surface area (TPSA) is 76.7 Å². The summed E-state index contributed by atoms with van der Waals surface area (Å²) in [5.74, 6) is 0.805. The van der Waals surface area contributed by atoms with Crippen molar-refractivity contribution in [3.8, 4) is 11.5 Å². The van der Waals surface area contributed by atoms with E-state index in [0.29, 0.717) is 17.1 Å². The number of anilines is 2. The molecule has 0 radical (unpaired) electrons. The molecular weight excluding hydrogens is 296 g/mol. The fraction of sp³-hybridized carbons (Fsp3) is 0.176. The quantitative estimate of drug-likeness (QED) is 0.889. The van der Waals surface area contributed by atoms with Gasteiger partial charge in [0, 0.05) is 0 Å². The molecule has 0 aliphatic carbocycles. The average molecular weight is 312 g/mol. The first-order valence-corrected chi connectivity index (χ1v) is 7.26. The number of ether oxygens (including phenoxy) is 2. The van der Waals surface area contributed by atoms with Crippen molar-refractivity contribution in [2.24, 2.45) is 0 Å². The van der Waals surface area contributed by atoms with Gasteiger partial charge in [0.1, 0.15) is 5.75 Å². The van der Waals surface area contributed by atoms with Crippen molar-refractivity contribution in [3.05, 3.63) is 48.5 Å². The Kier molecular flexibility index (Phi) is 4.42. The average Bonchev–Trinajstić information content (AvgIpc) is 2.56. The molecule has 0 spiro atoms. The lowest BCUT2D eigenvalue weighted by Crippen LogP contribution is -2.26. The Labute approximate surface area is 133 Å². The first kappa shape index (κ1) is 14.9. The monoisotopic (exact) mass is 312 g/mol. The maximum atomic E-state index is 12.0. The number of carbonyl (C=O) groups is 2. The van der Waals surface area contributed by atoms with E-state index in [1.54, 1.807) is 18.2 Å². The van der Waals surface area contributed by atoms with Crippen LogP contribution in [-0.4, -0.2) is 25.0 Å². The van der Waals surface area contributed by atoms with E-state index in [2.05, 4.69) is 10.6 Å². The summed E-state index contributed by atoms with van der Waals surface area (Å²) in [7, 11) is 0. The van der Waals surface area contributed by atoms with Crippen LogP contribution < -0.4 is 20.1 Å². The van der Waals surface area contributed by atoms with Crippen LogP contribution >= 0.6 is 0 Å². The van der Waals surface area contributed by atoms with Gasteiger partial charge in [0.25, 0.3) is 5.91 Å². The summed E-state index contributed by atoms with van der Waals surface area (Å²) in [5.41, 5.74) is 1.09. The van der Waals surface area contributed by atoms with Crippen LogP contribution in [0.3, 0.4) is 0 Å². The SMILES string of the molecule is O=C(CCOc1ccccc1)Nc1cccc2c1OCC(=O)N2. The van der Waals surface area contributed by atoms with Gasteiger partial charge in [0.2, 0.25) is 5.91 Å². The number of rotatable bonds is 5. The highest BCUT2D eigenvalue weighted by atomic mass is 16.5. The number of amides is 2. The third-order valence-corrected chi connectivity index (χ3v) is 3.25. The zero-order chi connectivity index (χ0) is 16.1. The molecule has 0 bridgehead atoms. The minimum absolute atomic E-state index is 0.0585. The number of hydrogen-bond acceptors (Lipinski definition) is 4. The molecule has 2 aromatic carbocycles. The zero-order valence-corrected chi connectivity index (χ0v) is 12.4. The molecule has 0 aromatic heterocycles. The number of hydrogen-bond donors (Lipinski definition) is 2. The van der Waals surface area contributed by atoms with Gasteiger partial charge >= 0.3 is 0 Å². The van der Waals surface area contributed by atoms with Crippen LogP contribution in [0.25, 0.3) is 0 Å². The second kappa shape index (κ2) is 6.83. The van der Waals surface area contributed by atoms with E-state index >= 15 is 0 Å². The fourth-order valence-electron chi connectivity index (χ4n) is 2.20. The Morgan fingerprint density at radius 2 is 2.00 bits per heavy atom. The largest absolute Gasteiger partial charge is 0.493 e. The van der Waals surface area contributed by atoms with Crippen molar-refractivity contribution in [3.63, 3.8) is 0 Å². The summed E-state index contributed by atoms with van der Waals surface area (Å²) in [6.07, 6.45) is 0.213. The van der Waals surface area contributed by atoms with Crippen molar-refractivity contribution in [2.75, 3.05) is 23.8 Å². The zero-order valence-electron chi connectivity index (χ0n) is 12.4. The number of para-hydroxylation sites is 2. The van der Waals surface area contributed by atoms with Crippen molar-refractivity contribution in [2.45, 2.75) is 6.42 Å². The van der Waals surface area contributed by atoms with Gasteiger partial charge in [-0.3, -0.25) is 9.59 Å². The summed E-state index contributed by atoms with van der Waals surface area (Å²) in [5, 5.41) is 5.47. The molecule has 23 heavy (non-hydrogen) atoms. The van der Waals surface area contributed by atoms with Crippen LogP contribution in [0, 0.1) is 0 Å². The van der Waals surface area contributed by atoms with Crippen LogP contribution in [0.2, 0.25) is 0 Å². The molecule has 0 atom stereocenters. The molecule has 6 nitrogen and oxygen atoms in total. The van der Waals surface area contributed by atoms with E-state index in [1.807, 2.05) is 30.3 Å². The molecule has 1 aliphatic rings. The molecule has 118 valence electrons. The van der Waals surface area contributed by atoms with Crippen LogP contribution in [-0.2, 0) is 9.59 Å². The Morgan fingerprint density at radius 1 is 1.17 bits per heavy atom. The van der Waals surface area contributed by atoms with Crippen molar-refractivity contribution >= 4 is 23.2 Å². The van der Waals surface area contributed by atoms with E-state index in [0.717, 1.165) is 5.75 Å². The predicted octanol–water partition coefficient (Wildman–Crippen LogP) is 2.43. The lowest BCUT2D eigenvalue weighted by molar-refractivity contribution is -0.118. The van der Waals surface area contributed by atoms with Crippen LogP contribution in [0.1, 0.15) is 6.42 Å². The van der Waals surface area contributed by atoms with E-state index in [-0.39, 0.29) is 31.4 Å². The van der Waals surface area contributed by atoms with Gasteiger partial charge in [-0.25, -0.2) is 0 Å². The molecular formula is C17H16N2O4. The predicted molar refractivity (Wildman–Crippen MR) is 85.8 cm³/mol. The molecule has 6 heteroatoms. The minimum Gasteiger partial charge on any atom is -0.493 e. The van der Waals surface area contributed by atoms with Crippen molar-refractivity contribution in [1.82, 2.24) is 0 Å². The molecule has 2 N–H and O–H groups in total. The van der Waals surface area contributed by atoms with Crippen LogP contribution in [0.15, 0.2) is 48.5 Å². The normalized spacial score (nSPS) is 12.6. The third-order valence-electron chi connectivity index (χ3n) is 3.25. The standard InChI is InChI=1S/C17H16N2O4/c20-15(9-10-22-12-5-2-1-3-6-12)18-13-7-4-8-14-17(13)23-11-16(21)19-14/h1-8H,9-11H2,(H,18,20)(H,19,21). The van der Waals surface area contributed by atoms with Crippen molar-refractivity contribution in [1.29, 1.82) is 0 Å². The minimum atomic E-state index is -0.211. The number of nitrogens with one attached hydrogen (secondary N) is 2. The molecule has 2 amide bonds. The summed E-state index contributed by atoms with van der Waals surface area (Å²) in [6.45, 7) is 0.222. The lowest BCUT2D eigenvalue weighted by Gasteiger charge is -2.20. The van der Waals surface area contributed by atoms with Gasteiger partial charge in [-0.1, -0.05) is 24.3 Å². The van der Waals surface area contributed by atoms with Gasteiger partial charge in [0.15, 0.2) is 12.4 Å². The van der Waals surface area contributed by atoms with E-state index in [1.165, 1.54) is 0 Å². The second-order valence-electron chi connectivity index (χ2n) is 4.98. The van der Waals surface area contributed by atoms with Crippen molar-refractivity contribution < 1.29 is 19.1 Å². The summed E-state index contributed by atoms with van der Waals surface area (Å²) < 4.78 is 10.9. The third kappa shape index (κ3) is 3.79. The Balaban J connectivity index is 1.56. The van der Waals surface area contributed by atoms with Crippen LogP contribution in [0.5, 0.6) is 11.5 Å². The Morgan fingerprint density at radius 3 is 2.83 bits per heavy atom. The number of carbonyl (C=O) groups excluding carboxylic acids is 2. The lowest BCUT2D eigenvalue weighted by atomic mass is 10.2. The number of benzene rings is 2. The number of fused-ring (bicyclic) bond motifs is 1. The van der Waals surface area contributed by atoms with Gasteiger partial charge in [-0.2, -0.15) is 0 Å². The van der Waals surface area contributed by atoms with Gasteiger partial charge in [-0.15, -0.1) is 0 Å². The molecule has 0 unspecified atom stereocenters. The Bertz CT molecular complexity index is 716.